The Bertz CT molecular complexity index is 1060. The highest BCUT2D eigenvalue weighted by Gasteiger charge is 2.71. The molecule has 1 aromatic rings. The van der Waals surface area contributed by atoms with Crippen molar-refractivity contribution in [3.63, 3.8) is 0 Å². The first-order chi connectivity index (χ1) is 16.5. The van der Waals surface area contributed by atoms with Crippen molar-refractivity contribution in [1.29, 1.82) is 0 Å². The van der Waals surface area contributed by atoms with E-state index in [1.54, 1.807) is 0 Å². The Kier molecular flexibility index (Phi) is 6.02. The molecule has 190 valence electrons. The monoisotopic (exact) mass is 512 g/mol. The second-order valence-corrected chi connectivity index (χ2v) is 10.8. The number of carbonyl (C=O) groups is 1. The molecule has 5 rings (SSSR count). The van der Waals surface area contributed by atoms with Gasteiger partial charge in [-0.1, -0.05) is 42.1 Å². The van der Waals surface area contributed by atoms with E-state index in [9.17, 15) is 18.0 Å². The second kappa shape index (κ2) is 8.54. The van der Waals surface area contributed by atoms with Gasteiger partial charge in [0.05, 0.1) is 30.1 Å². The third-order valence-electron chi connectivity index (χ3n) is 7.27. The molecule has 1 saturated heterocycles. The van der Waals surface area contributed by atoms with E-state index in [0.29, 0.717) is 25.2 Å². The zero-order chi connectivity index (χ0) is 25.1. The lowest BCUT2D eigenvalue weighted by molar-refractivity contribution is -0.212. The maximum absolute atomic E-state index is 13.1. The predicted molar refractivity (Wildman–Crippen MR) is 120 cm³/mol. The molecule has 2 fully saturated rings. The molecule has 0 N–H and O–H groups in total. The van der Waals surface area contributed by atoms with Crippen LogP contribution in [0, 0.1) is 11.3 Å². The molecule has 0 radical (unpaired) electrons. The number of thioether (sulfide) groups is 1. The first-order valence-electron chi connectivity index (χ1n) is 11.5. The fourth-order valence-corrected chi connectivity index (χ4v) is 7.04. The molecule has 1 spiro atoms. The Morgan fingerprint density at radius 2 is 1.94 bits per heavy atom. The van der Waals surface area contributed by atoms with Crippen LogP contribution in [-0.4, -0.2) is 56.1 Å². The van der Waals surface area contributed by atoms with E-state index in [-0.39, 0.29) is 12.0 Å². The zero-order valence-corrected chi connectivity index (χ0v) is 20.4. The van der Waals surface area contributed by atoms with Gasteiger partial charge in [-0.2, -0.15) is 13.2 Å². The lowest BCUT2D eigenvalue weighted by Crippen LogP contribution is -2.57. The number of rotatable bonds is 6. The summed E-state index contributed by atoms with van der Waals surface area (Å²) in [7, 11) is 1.50. The van der Waals surface area contributed by atoms with Crippen LogP contribution in [0.15, 0.2) is 58.0 Å². The van der Waals surface area contributed by atoms with E-state index in [4.69, 9.17) is 23.7 Å². The number of halogens is 3. The molecule has 0 aromatic heterocycles. The third kappa shape index (κ3) is 3.98. The number of alkyl halides is 3. The maximum atomic E-state index is 13.1. The van der Waals surface area contributed by atoms with Crippen LogP contribution in [0.1, 0.15) is 26.7 Å². The first kappa shape index (κ1) is 24.7. The van der Waals surface area contributed by atoms with Crippen LogP contribution < -0.4 is 0 Å². The molecule has 1 aromatic carbocycles. The van der Waals surface area contributed by atoms with Crippen molar-refractivity contribution < 1.29 is 41.7 Å². The summed E-state index contributed by atoms with van der Waals surface area (Å²) in [5, 5.41) is 0. The van der Waals surface area contributed by atoms with Gasteiger partial charge in [-0.3, -0.25) is 0 Å². The lowest BCUT2D eigenvalue weighted by Gasteiger charge is -2.50. The van der Waals surface area contributed by atoms with Crippen molar-refractivity contribution in [2.24, 2.45) is 11.3 Å². The van der Waals surface area contributed by atoms with E-state index >= 15 is 0 Å². The van der Waals surface area contributed by atoms with E-state index in [1.807, 2.05) is 56.3 Å². The fraction of sp³-hybridized carbons (Fsp3) is 0.560. The number of hydrogen-bond acceptors (Lipinski definition) is 7. The van der Waals surface area contributed by atoms with Gasteiger partial charge in [0.1, 0.15) is 24.1 Å². The van der Waals surface area contributed by atoms with Gasteiger partial charge in [-0.05, 0) is 38.8 Å². The van der Waals surface area contributed by atoms with Crippen molar-refractivity contribution in [2.75, 3.05) is 20.3 Å². The predicted octanol–water partition coefficient (Wildman–Crippen LogP) is 5.00. The van der Waals surface area contributed by atoms with Crippen LogP contribution >= 0.6 is 11.8 Å². The standard InChI is InChI=1S/C25H27F3O6S/c1-22(2)32-13-18(33-22)16-9-11-23(14-31-21(29)25(26,27)28)20(30-3)19(17-10-12-24(16,23)34-17)35-15-7-5-4-6-8-15/h4-8,10,12,16-18H,9,11,13-14H2,1-3H3/t16-,17-,18-,23+,24-/m0/s1. The summed E-state index contributed by atoms with van der Waals surface area (Å²) in [6.45, 7) is 3.44. The average Bonchev–Trinajstić information content (AvgIpc) is 3.48. The van der Waals surface area contributed by atoms with Crippen LogP contribution in [0.2, 0.25) is 0 Å². The molecule has 3 heterocycles. The molecule has 6 nitrogen and oxygen atoms in total. The van der Waals surface area contributed by atoms with Crippen molar-refractivity contribution in [3.8, 4) is 0 Å². The minimum atomic E-state index is -5.10. The minimum Gasteiger partial charge on any atom is -0.499 e. The van der Waals surface area contributed by atoms with Gasteiger partial charge < -0.3 is 23.7 Å². The van der Waals surface area contributed by atoms with Crippen molar-refractivity contribution in [2.45, 2.75) is 61.4 Å². The van der Waals surface area contributed by atoms with Crippen LogP contribution in [0.5, 0.6) is 0 Å². The van der Waals surface area contributed by atoms with Crippen molar-refractivity contribution in [1.82, 2.24) is 0 Å². The van der Waals surface area contributed by atoms with E-state index < -0.39 is 41.7 Å². The van der Waals surface area contributed by atoms with E-state index in [2.05, 4.69) is 0 Å². The quantitative estimate of drug-likeness (QED) is 0.393. The maximum Gasteiger partial charge on any atom is 0.490 e. The number of hydrogen-bond donors (Lipinski definition) is 0. The normalized spacial score (nSPS) is 35.3. The summed E-state index contributed by atoms with van der Waals surface area (Å²) in [6.07, 6.45) is -1.10. The van der Waals surface area contributed by atoms with E-state index in [1.165, 1.54) is 18.9 Å². The van der Waals surface area contributed by atoms with Crippen LogP contribution in [-0.2, 0) is 28.5 Å². The Morgan fingerprint density at radius 1 is 1.20 bits per heavy atom. The summed E-state index contributed by atoms with van der Waals surface area (Å²) in [5.74, 6) is -2.75. The number of methoxy groups -OCH3 is 1. The molecular weight excluding hydrogens is 485 g/mol. The lowest BCUT2D eigenvalue weighted by atomic mass is 9.68. The summed E-state index contributed by atoms with van der Waals surface area (Å²) < 4.78 is 68.7. The minimum absolute atomic E-state index is 0.233. The number of carbonyl (C=O) groups excluding carboxylic acids is 1. The molecule has 0 amide bonds. The molecule has 1 aliphatic carbocycles. The highest BCUT2D eigenvalue weighted by molar-refractivity contribution is 8.03. The molecule has 1 saturated carbocycles. The zero-order valence-electron chi connectivity index (χ0n) is 19.6. The van der Waals surface area contributed by atoms with Gasteiger partial charge in [0.25, 0.3) is 0 Å². The van der Waals surface area contributed by atoms with E-state index in [0.717, 1.165) is 9.80 Å². The first-order valence-corrected chi connectivity index (χ1v) is 12.3. The van der Waals surface area contributed by atoms with Gasteiger partial charge in [-0.25, -0.2) is 4.79 Å². The number of fused-ring (bicyclic) bond motifs is 1. The molecule has 3 aliphatic heterocycles. The van der Waals surface area contributed by atoms with Gasteiger partial charge in [-0.15, -0.1) is 0 Å². The largest absolute Gasteiger partial charge is 0.499 e. The Balaban J connectivity index is 1.58. The molecule has 4 aliphatic rings. The molecule has 2 bridgehead atoms. The number of esters is 1. The Hall–Kier alpha value is -2.01. The van der Waals surface area contributed by atoms with Gasteiger partial charge >= 0.3 is 12.1 Å². The highest BCUT2D eigenvalue weighted by Crippen LogP contribution is 2.66. The van der Waals surface area contributed by atoms with Crippen LogP contribution in [0.4, 0.5) is 13.2 Å². The Morgan fingerprint density at radius 3 is 2.57 bits per heavy atom. The van der Waals surface area contributed by atoms with Gasteiger partial charge in [0.2, 0.25) is 0 Å². The topological polar surface area (TPSA) is 63.2 Å². The summed E-state index contributed by atoms with van der Waals surface area (Å²) in [6, 6.07) is 9.58. The molecular formula is C25H27F3O6S. The highest BCUT2D eigenvalue weighted by atomic mass is 32.2. The van der Waals surface area contributed by atoms with Gasteiger partial charge in [0.15, 0.2) is 5.79 Å². The third-order valence-corrected chi connectivity index (χ3v) is 8.42. The van der Waals surface area contributed by atoms with Crippen molar-refractivity contribution >= 4 is 17.7 Å². The molecule has 35 heavy (non-hydrogen) atoms. The summed E-state index contributed by atoms with van der Waals surface area (Å²) in [4.78, 5) is 13.4. The molecule has 10 heteroatoms. The Labute approximate surface area is 205 Å². The van der Waals surface area contributed by atoms with Crippen LogP contribution in [0.25, 0.3) is 0 Å². The molecule has 5 atom stereocenters. The number of benzene rings is 1. The number of ether oxygens (including phenoxy) is 5. The van der Waals surface area contributed by atoms with Crippen LogP contribution in [0.3, 0.4) is 0 Å². The molecule has 0 unspecified atom stereocenters. The second-order valence-electron chi connectivity index (χ2n) is 9.67. The summed E-state index contributed by atoms with van der Waals surface area (Å²) >= 11 is 1.43. The summed E-state index contributed by atoms with van der Waals surface area (Å²) in [5.41, 5.74) is -2.21. The SMILES string of the molecule is COC1=C(Sc2ccccc2)[C@@H]2C=C[C@]3(O2)[C@H]([C@@H]2COC(C)(C)O2)CC[C@@]13COC(=O)C(F)(F)F. The fourth-order valence-electron chi connectivity index (χ4n) is 5.88. The van der Waals surface area contributed by atoms with Crippen molar-refractivity contribution in [3.05, 3.63) is 53.1 Å². The van der Waals surface area contributed by atoms with Gasteiger partial charge in [0, 0.05) is 10.8 Å². The smallest absolute Gasteiger partial charge is 0.490 e. The average molecular weight is 513 g/mol.